The van der Waals surface area contributed by atoms with Crippen molar-refractivity contribution >= 4 is 5.69 Å². The lowest BCUT2D eigenvalue weighted by Gasteiger charge is -2.19. The Morgan fingerprint density at radius 3 is 2.33 bits per heavy atom. The molecule has 1 heterocycles. The van der Waals surface area contributed by atoms with Crippen molar-refractivity contribution < 1.29 is 4.74 Å². The molecule has 1 aliphatic heterocycles. The van der Waals surface area contributed by atoms with Crippen LogP contribution in [0.3, 0.4) is 0 Å². The molecule has 0 spiro atoms. The van der Waals surface area contributed by atoms with Crippen LogP contribution < -0.4 is 10.5 Å². The molecule has 1 saturated heterocycles. The Balaban J connectivity index is 1.52. The molecule has 0 saturated carbocycles. The van der Waals surface area contributed by atoms with Gasteiger partial charge in [-0.25, -0.2) is 0 Å². The number of ether oxygens (including phenoxy) is 1. The highest BCUT2D eigenvalue weighted by Crippen LogP contribution is 2.24. The second kappa shape index (κ2) is 8.74. The molecule has 24 heavy (non-hydrogen) atoms. The third kappa shape index (κ3) is 5.00. The second-order valence-corrected chi connectivity index (χ2v) is 6.65. The van der Waals surface area contributed by atoms with Crippen LogP contribution in [0.5, 0.6) is 5.75 Å². The van der Waals surface area contributed by atoms with Crippen LogP contribution in [-0.4, -0.2) is 24.5 Å². The number of nitrogen functional groups attached to an aromatic ring is 1. The minimum atomic E-state index is 0.554. The first-order valence-corrected chi connectivity index (χ1v) is 9.09. The highest BCUT2D eigenvalue weighted by Gasteiger charge is 2.09. The van der Waals surface area contributed by atoms with Crippen molar-refractivity contribution in [2.24, 2.45) is 0 Å². The zero-order valence-corrected chi connectivity index (χ0v) is 14.4. The van der Waals surface area contributed by atoms with Crippen molar-refractivity contribution in [3.63, 3.8) is 0 Å². The number of rotatable bonds is 6. The van der Waals surface area contributed by atoms with Crippen LogP contribution in [0, 0.1) is 0 Å². The molecule has 1 fully saturated rings. The van der Waals surface area contributed by atoms with Crippen molar-refractivity contribution in [3.8, 4) is 5.75 Å². The zero-order valence-electron chi connectivity index (χ0n) is 14.4. The number of nitrogens with two attached hydrogens (primary N) is 1. The molecular formula is C21H28N2O. The van der Waals surface area contributed by atoms with E-state index < -0.39 is 0 Å². The summed E-state index contributed by atoms with van der Waals surface area (Å²) in [5.74, 6) is 0.775. The van der Waals surface area contributed by atoms with E-state index in [1.54, 1.807) is 0 Å². The van der Waals surface area contributed by atoms with Gasteiger partial charge in [0.2, 0.25) is 0 Å². The fraction of sp³-hybridized carbons (Fsp3) is 0.429. The number of anilines is 1. The maximum atomic E-state index is 6.18. The number of hydrogen-bond acceptors (Lipinski definition) is 3. The summed E-state index contributed by atoms with van der Waals surface area (Å²) in [6, 6.07) is 16.4. The first kappa shape index (κ1) is 16.8. The van der Waals surface area contributed by atoms with Crippen molar-refractivity contribution in [1.29, 1.82) is 0 Å². The van der Waals surface area contributed by atoms with Gasteiger partial charge in [-0.2, -0.15) is 0 Å². The molecule has 0 atom stereocenters. The minimum Gasteiger partial charge on any atom is -0.487 e. The summed E-state index contributed by atoms with van der Waals surface area (Å²) in [6.07, 6.45) is 6.51. The summed E-state index contributed by atoms with van der Waals surface area (Å²) in [4.78, 5) is 2.59. The lowest BCUT2D eigenvalue weighted by molar-refractivity contribution is 0.288. The predicted molar refractivity (Wildman–Crippen MR) is 100 cm³/mol. The minimum absolute atomic E-state index is 0.554. The van der Waals surface area contributed by atoms with E-state index in [0.29, 0.717) is 6.61 Å². The fourth-order valence-electron chi connectivity index (χ4n) is 3.27. The average Bonchev–Trinajstić information content (AvgIpc) is 2.89. The van der Waals surface area contributed by atoms with E-state index in [0.717, 1.165) is 30.0 Å². The lowest BCUT2D eigenvalue weighted by atomic mass is 10.1. The van der Waals surface area contributed by atoms with Crippen LogP contribution in [0.15, 0.2) is 48.5 Å². The SMILES string of the molecule is Nc1cc(CCN2CCCCCC2)ccc1OCc1ccccc1. The maximum absolute atomic E-state index is 6.18. The third-order valence-electron chi connectivity index (χ3n) is 4.73. The van der Waals surface area contributed by atoms with E-state index >= 15 is 0 Å². The van der Waals surface area contributed by atoms with Crippen LogP contribution >= 0.6 is 0 Å². The number of likely N-dealkylation sites (tertiary alicyclic amines) is 1. The molecule has 2 N–H and O–H groups in total. The summed E-state index contributed by atoms with van der Waals surface area (Å²) in [5.41, 5.74) is 9.37. The molecule has 2 aromatic carbocycles. The highest BCUT2D eigenvalue weighted by molar-refractivity contribution is 5.54. The van der Waals surface area contributed by atoms with Gasteiger partial charge in [-0.05, 0) is 55.6 Å². The molecule has 3 heteroatoms. The molecule has 1 aliphatic rings. The van der Waals surface area contributed by atoms with E-state index in [1.807, 2.05) is 24.3 Å². The van der Waals surface area contributed by atoms with Gasteiger partial charge >= 0.3 is 0 Å². The molecule has 0 aliphatic carbocycles. The van der Waals surface area contributed by atoms with Gasteiger partial charge in [0, 0.05) is 6.54 Å². The molecule has 0 radical (unpaired) electrons. The molecule has 128 valence electrons. The molecular weight excluding hydrogens is 296 g/mol. The van der Waals surface area contributed by atoms with Crippen molar-refractivity contribution in [3.05, 3.63) is 59.7 Å². The Labute approximate surface area is 145 Å². The van der Waals surface area contributed by atoms with Gasteiger partial charge in [-0.15, -0.1) is 0 Å². The Morgan fingerprint density at radius 2 is 1.62 bits per heavy atom. The highest BCUT2D eigenvalue weighted by atomic mass is 16.5. The first-order valence-electron chi connectivity index (χ1n) is 9.09. The Hall–Kier alpha value is -2.00. The molecule has 0 bridgehead atoms. The van der Waals surface area contributed by atoms with E-state index in [-0.39, 0.29) is 0 Å². The fourth-order valence-corrected chi connectivity index (χ4v) is 3.27. The Kier molecular flexibility index (Phi) is 6.13. The predicted octanol–water partition coefficient (Wildman–Crippen LogP) is 4.27. The van der Waals surface area contributed by atoms with Gasteiger partial charge in [0.15, 0.2) is 0 Å². The summed E-state index contributed by atoms with van der Waals surface area (Å²) >= 11 is 0. The van der Waals surface area contributed by atoms with Crippen LogP contribution in [0.2, 0.25) is 0 Å². The number of nitrogens with zero attached hydrogens (tertiary/aromatic N) is 1. The quantitative estimate of drug-likeness (QED) is 0.807. The number of hydrogen-bond donors (Lipinski definition) is 1. The first-order chi connectivity index (χ1) is 11.8. The maximum Gasteiger partial charge on any atom is 0.142 e. The van der Waals surface area contributed by atoms with Gasteiger partial charge in [0.25, 0.3) is 0 Å². The van der Waals surface area contributed by atoms with Crippen LogP contribution in [-0.2, 0) is 13.0 Å². The summed E-state index contributed by atoms with van der Waals surface area (Å²) in [7, 11) is 0. The second-order valence-electron chi connectivity index (χ2n) is 6.65. The van der Waals surface area contributed by atoms with E-state index in [1.165, 1.54) is 44.3 Å². The molecule has 0 unspecified atom stereocenters. The van der Waals surface area contributed by atoms with Crippen molar-refractivity contribution in [2.45, 2.75) is 38.7 Å². The molecule has 0 amide bonds. The zero-order chi connectivity index (χ0) is 16.6. The Morgan fingerprint density at radius 1 is 0.875 bits per heavy atom. The monoisotopic (exact) mass is 324 g/mol. The third-order valence-corrected chi connectivity index (χ3v) is 4.73. The van der Waals surface area contributed by atoms with E-state index in [9.17, 15) is 0 Å². The van der Waals surface area contributed by atoms with Gasteiger partial charge in [0.05, 0.1) is 5.69 Å². The van der Waals surface area contributed by atoms with Gasteiger partial charge in [0.1, 0.15) is 12.4 Å². The van der Waals surface area contributed by atoms with Gasteiger partial charge < -0.3 is 15.4 Å². The van der Waals surface area contributed by atoms with Gasteiger partial charge in [-0.3, -0.25) is 0 Å². The van der Waals surface area contributed by atoms with Gasteiger partial charge in [-0.1, -0.05) is 49.2 Å². The van der Waals surface area contributed by atoms with Crippen molar-refractivity contribution in [1.82, 2.24) is 4.90 Å². The summed E-state index contributed by atoms with van der Waals surface area (Å²) < 4.78 is 5.85. The average molecular weight is 324 g/mol. The standard InChI is InChI=1S/C21H28N2O/c22-20-16-18(12-15-23-13-6-1-2-7-14-23)10-11-21(20)24-17-19-8-4-3-5-9-19/h3-5,8-11,16H,1-2,6-7,12-15,17,22H2. The summed E-state index contributed by atoms with van der Waals surface area (Å²) in [5, 5.41) is 0. The Bertz CT molecular complexity index is 619. The van der Waals surface area contributed by atoms with Crippen LogP contribution in [0.4, 0.5) is 5.69 Å². The van der Waals surface area contributed by atoms with E-state index in [4.69, 9.17) is 10.5 Å². The molecule has 2 aromatic rings. The van der Waals surface area contributed by atoms with E-state index in [2.05, 4.69) is 29.2 Å². The topological polar surface area (TPSA) is 38.5 Å². The summed E-state index contributed by atoms with van der Waals surface area (Å²) in [6.45, 7) is 4.17. The number of benzene rings is 2. The van der Waals surface area contributed by atoms with Crippen LogP contribution in [0.25, 0.3) is 0 Å². The lowest BCUT2D eigenvalue weighted by Crippen LogP contribution is -2.26. The molecule has 3 rings (SSSR count). The normalized spacial score (nSPS) is 15.8. The largest absolute Gasteiger partial charge is 0.487 e. The molecule has 3 nitrogen and oxygen atoms in total. The van der Waals surface area contributed by atoms with Crippen LogP contribution in [0.1, 0.15) is 36.8 Å². The van der Waals surface area contributed by atoms with Crippen molar-refractivity contribution in [2.75, 3.05) is 25.4 Å². The smallest absolute Gasteiger partial charge is 0.142 e. The molecule has 0 aromatic heterocycles.